The Kier molecular flexibility index (Phi) is 4.76. The first kappa shape index (κ1) is 14.4. The summed E-state index contributed by atoms with van der Waals surface area (Å²) in [4.78, 5) is 6.94. The molecule has 3 rings (SSSR count). The third-order valence-corrected chi connectivity index (χ3v) is 4.48. The van der Waals surface area contributed by atoms with Crippen LogP contribution in [0.5, 0.6) is 0 Å². The summed E-state index contributed by atoms with van der Waals surface area (Å²) in [5, 5.41) is 3.21. The smallest absolute Gasteiger partial charge is 0.193 e. The molecular formula is C17H26N4. The Bertz CT molecular complexity index is 504. The monoisotopic (exact) mass is 286 g/mol. The summed E-state index contributed by atoms with van der Waals surface area (Å²) in [6, 6.07) is 6.54. The van der Waals surface area contributed by atoms with Gasteiger partial charge in [-0.3, -0.25) is 4.99 Å². The maximum Gasteiger partial charge on any atom is 0.193 e. The Morgan fingerprint density at radius 1 is 1.14 bits per heavy atom. The SMILES string of the molecule is NC(=NCCCN1CCCC1)Nc1ccc2c(c1)CCC2. The largest absolute Gasteiger partial charge is 0.370 e. The van der Waals surface area contributed by atoms with Crippen molar-refractivity contribution in [3.8, 4) is 0 Å². The van der Waals surface area contributed by atoms with Gasteiger partial charge in [0.15, 0.2) is 5.96 Å². The van der Waals surface area contributed by atoms with Gasteiger partial charge < -0.3 is 16.0 Å². The zero-order chi connectivity index (χ0) is 14.5. The molecule has 114 valence electrons. The van der Waals surface area contributed by atoms with Gasteiger partial charge in [-0.2, -0.15) is 0 Å². The maximum atomic E-state index is 5.97. The molecule has 1 aliphatic heterocycles. The Morgan fingerprint density at radius 2 is 1.95 bits per heavy atom. The summed E-state index contributed by atoms with van der Waals surface area (Å²) in [5.74, 6) is 0.536. The number of hydrogen-bond acceptors (Lipinski definition) is 2. The van der Waals surface area contributed by atoms with Gasteiger partial charge in [0, 0.05) is 12.2 Å². The number of aliphatic imine (C=N–C) groups is 1. The predicted octanol–water partition coefficient (Wildman–Crippen LogP) is 2.39. The molecule has 1 aliphatic carbocycles. The number of nitrogens with two attached hydrogens (primary N) is 1. The van der Waals surface area contributed by atoms with Crippen molar-refractivity contribution in [3.63, 3.8) is 0 Å². The lowest BCUT2D eigenvalue weighted by Crippen LogP contribution is -2.24. The molecule has 1 heterocycles. The number of benzene rings is 1. The molecule has 1 aromatic rings. The van der Waals surface area contributed by atoms with E-state index in [2.05, 4.69) is 33.4 Å². The minimum Gasteiger partial charge on any atom is -0.370 e. The third-order valence-electron chi connectivity index (χ3n) is 4.48. The van der Waals surface area contributed by atoms with Crippen molar-refractivity contribution in [2.75, 3.05) is 31.5 Å². The molecule has 0 amide bonds. The van der Waals surface area contributed by atoms with Crippen LogP contribution in [-0.4, -0.2) is 37.0 Å². The summed E-state index contributed by atoms with van der Waals surface area (Å²) in [7, 11) is 0. The highest BCUT2D eigenvalue weighted by molar-refractivity contribution is 5.92. The summed E-state index contributed by atoms with van der Waals surface area (Å²) < 4.78 is 0. The number of guanidine groups is 1. The van der Waals surface area contributed by atoms with Crippen LogP contribution >= 0.6 is 0 Å². The molecule has 0 aromatic heterocycles. The zero-order valence-corrected chi connectivity index (χ0v) is 12.8. The molecule has 21 heavy (non-hydrogen) atoms. The number of nitrogens with zero attached hydrogens (tertiary/aromatic N) is 2. The lowest BCUT2D eigenvalue weighted by Gasteiger charge is -2.13. The normalized spacial score (nSPS) is 19.0. The van der Waals surface area contributed by atoms with Gasteiger partial charge in [0.05, 0.1) is 0 Å². The van der Waals surface area contributed by atoms with Gasteiger partial charge in [-0.15, -0.1) is 0 Å². The van der Waals surface area contributed by atoms with Crippen molar-refractivity contribution in [2.24, 2.45) is 10.7 Å². The van der Waals surface area contributed by atoms with Crippen LogP contribution < -0.4 is 11.1 Å². The number of likely N-dealkylation sites (tertiary alicyclic amines) is 1. The van der Waals surface area contributed by atoms with E-state index in [-0.39, 0.29) is 0 Å². The van der Waals surface area contributed by atoms with Crippen LogP contribution in [0.4, 0.5) is 5.69 Å². The molecule has 2 aliphatic rings. The van der Waals surface area contributed by atoms with E-state index in [0.717, 1.165) is 25.2 Å². The Hall–Kier alpha value is -1.55. The van der Waals surface area contributed by atoms with Gasteiger partial charge in [-0.25, -0.2) is 0 Å². The summed E-state index contributed by atoms with van der Waals surface area (Å²) in [5.41, 5.74) is 9.98. The molecule has 0 unspecified atom stereocenters. The Morgan fingerprint density at radius 3 is 2.81 bits per heavy atom. The van der Waals surface area contributed by atoms with Crippen molar-refractivity contribution in [1.82, 2.24) is 4.90 Å². The van der Waals surface area contributed by atoms with E-state index < -0.39 is 0 Å². The van der Waals surface area contributed by atoms with Crippen molar-refractivity contribution >= 4 is 11.6 Å². The van der Waals surface area contributed by atoms with E-state index >= 15 is 0 Å². The van der Waals surface area contributed by atoms with Crippen molar-refractivity contribution < 1.29 is 0 Å². The van der Waals surface area contributed by atoms with Crippen LogP contribution in [0.15, 0.2) is 23.2 Å². The minimum absolute atomic E-state index is 0.536. The first-order valence-corrected chi connectivity index (χ1v) is 8.22. The van der Waals surface area contributed by atoms with Crippen LogP contribution in [-0.2, 0) is 12.8 Å². The lowest BCUT2D eigenvalue weighted by atomic mass is 10.1. The lowest BCUT2D eigenvalue weighted by molar-refractivity contribution is 0.336. The summed E-state index contributed by atoms with van der Waals surface area (Å²) in [6.45, 7) is 4.47. The Balaban J connectivity index is 1.44. The van der Waals surface area contributed by atoms with Gasteiger partial charge in [0.2, 0.25) is 0 Å². The van der Waals surface area contributed by atoms with Gasteiger partial charge in [-0.05, 0) is 81.4 Å². The van der Waals surface area contributed by atoms with Crippen LogP contribution in [0, 0.1) is 0 Å². The van der Waals surface area contributed by atoms with Crippen molar-refractivity contribution in [3.05, 3.63) is 29.3 Å². The molecule has 0 saturated carbocycles. The predicted molar refractivity (Wildman–Crippen MR) is 88.9 cm³/mol. The van der Waals surface area contributed by atoms with Gasteiger partial charge >= 0.3 is 0 Å². The minimum atomic E-state index is 0.536. The summed E-state index contributed by atoms with van der Waals surface area (Å²) in [6.07, 6.45) is 7.48. The van der Waals surface area contributed by atoms with E-state index in [1.807, 2.05) is 0 Å². The fourth-order valence-electron chi connectivity index (χ4n) is 3.34. The number of fused-ring (bicyclic) bond motifs is 1. The molecule has 0 bridgehead atoms. The number of anilines is 1. The third kappa shape index (κ3) is 3.97. The highest BCUT2D eigenvalue weighted by atomic mass is 15.1. The molecule has 0 atom stereocenters. The molecule has 3 N–H and O–H groups in total. The average molecular weight is 286 g/mol. The van der Waals surface area contributed by atoms with Crippen LogP contribution in [0.1, 0.15) is 36.8 Å². The topological polar surface area (TPSA) is 53.6 Å². The quantitative estimate of drug-likeness (QED) is 0.496. The Labute approximate surface area is 127 Å². The molecule has 0 spiro atoms. The second kappa shape index (κ2) is 6.94. The van der Waals surface area contributed by atoms with Gasteiger partial charge in [-0.1, -0.05) is 6.07 Å². The molecule has 1 aromatic carbocycles. The molecule has 4 nitrogen and oxygen atoms in total. The molecule has 1 saturated heterocycles. The highest BCUT2D eigenvalue weighted by Crippen LogP contribution is 2.24. The average Bonchev–Trinajstić information content (AvgIpc) is 3.14. The van der Waals surface area contributed by atoms with Crippen LogP contribution in [0.2, 0.25) is 0 Å². The van der Waals surface area contributed by atoms with Crippen LogP contribution in [0.25, 0.3) is 0 Å². The zero-order valence-electron chi connectivity index (χ0n) is 12.8. The fraction of sp³-hybridized carbons (Fsp3) is 0.588. The van der Waals surface area contributed by atoms with E-state index in [0.29, 0.717) is 5.96 Å². The molecule has 1 fully saturated rings. The van der Waals surface area contributed by atoms with Crippen molar-refractivity contribution in [1.29, 1.82) is 0 Å². The molecular weight excluding hydrogens is 260 g/mol. The van der Waals surface area contributed by atoms with E-state index in [1.54, 1.807) is 0 Å². The van der Waals surface area contributed by atoms with Gasteiger partial charge in [0.25, 0.3) is 0 Å². The first-order valence-electron chi connectivity index (χ1n) is 8.22. The van der Waals surface area contributed by atoms with E-state index in [9.17, 15) is 0 Å². The number of hydrogen-bond donors (Lipinski definition) is 2. The van der Waals surface area contributed by atoms with Crippen molar-refractivity contribution in [2.45, 2.75) is 38.5 Å². The summed E-state index contributed by atoms with van der Waals surface area (Å²) >= 11 is 0. The number of rotatable bonds is 5. The number of aryl methyl sites for hydroxylation is 2. The maximum absolute atomic E-state index is 5.97. The van der Waals surface area contributed by atoms with Crippen LogP contribution in [0.3, 0.4) is 0 Å². The number of nitrogens with one attached hydrogen (secondary N) is 1. The molecule has 4 heteroatoms. The first-order chi connectivity index (χ1) is 10.3. The van der Waals surface area contributed by atoms with E-state index in [1.165, 1.54) is 56.3 Å². The highest BCUT2D eigenvalue weighted by Gasteiger charge is 2.11. The van der Waals surface area contributed by atoms with Gasteiger partial charge in [0.1, 0.15) is 0 Å². The standard InChI is InChI=1S/C17H26N4/c18-17(19-9-4-12-21-10-1-2-11-21)20-16-8-7-14-5-3-6-15(14)13-16/h7-8,13H,1-6,9-12H2,(H3,18,19,20). The second-order valence-electron chi connectivity index (χ2n) is 6.13. The molecule has 0 radical (unpaired) electrons. The second-order valence-corrected chi connectivity index (χ2v) is 6.13. The fourth-order valence-corrected chi connectivity index (χ4v) is 3.34. The van der Waals surface area contributed by atoms with E-state index in [4.69, 9.17) is 5.73 Å².